The molecule has 10 heteroatoms. The van der Waals surface area contributed by atoms with Gasteiger partial charge in [0.1, 0.15) is 5.69 Å². The number of aryl methyl sites for hydroxylation is 2. The summed E-state index contributed by atoms with van der Waals surface area (Å²) in [4.78, 5) is 23.1. The molecule has 0 bridgehead atoms. The van der Waals surface area contributed by atoms with Gasteiger partial charge >= 0.3 is 5.69 Å². The zero-order valence-corrected chi connectivity index (χ0v) is 17.6. The summed E-state index contributed by atoms with van der Waals surface area (Å²) >= 11 is 1.04. The fourth-order valence-corrected chi connectivity index (χ4v) is 4.03. The van der Waals surface area contributed by atoms with Crippen molar-refractivity contribution in [1.29, 1.82) is 0 Å². The number of hydrogen-bond donors (Lipinski definition) is 3. The summed E-state index contributed by atoms with van der Waals surface area (Å²) in [5.41, 5.74) is 7.81. The Morgan fingerprint density at radius 2 is 2.07 bits per heavy atom. The van der Waals surface area contributed by atoms with Crippen LogP contribution in [0.3, 0.4) is 0 Å². The Morgan fingerprint density at radius 3 is 2.76 bits per heavy atom. The summed E-state index contributed by atoms with van der Waals surface area (Å²) in [6.07, 6.45) is 0. The van der Waals surface area contributed by atoms with Crippen LogP contribution in [0.5, 0.6) is 0 Å². The number of benzene rings is 1. The van der Waals surface area contributed by atoms with Crippen LogP contribution < -0.4 is 10.7 Å². The summed E-state index contributed by atoms with van der Waals surface area (Å²) in [5.74, 6) is -0.197. The molecule has 2 heterocycles. The van der Waals surface area contributed by atoms with E-state index in [4.69, 9.17) is 0 Å². The number of carbonyl (C=O) groups is 1. The molecular formula is C19H24N6O3S. The fourth-order valence-electron chi connectivity index (χ4n) is 3.21. The van der Waals surface area contributed by atoms with Crippen molar-refractivity contribution in [2.75, 3.05) is 5.75 Å². The maximum Gasteiger partial charge on any atom is 0.323 e. The second-order valence-corrected chi connectivity index (χ2v) is 7.92. The largest absolute Gasteiger partial charge is 0.326 e. The smallest absolute Gasteiger partial charge is 0.323 e. The highest BCUT2D eigenvalue weighted by Gasteiger charge is 2.28. The minimum atomic E-state index is -0.488. The monoisotopic (exact) mass is 416 g/mol. The van der Waals surface area contributed by atoms with E-state index in [1.807, 2.05) is 31.0 Å². The van der Waals surface area contributed by atoms with Gasteiger partial charge in [-0.15, -0.1) is 0 Å². The van der Waals surface area contributed by atoms with Gasteiger partial charge in [-0.05, 0) is 38.8 Å². The van der Waals surface area contributed by atoms with E-state index in [0.29, 0.717) is 12.2 Å². The van der Waals surface area contributed by atoms with Crippen molar-refractivity contribution in [3.8, 4) is 0 Å². The van der Waals surface area contributed by atoms with Gasteiger partial charge < -0.3 is 10.3 Å². The number of nitrogens with one attached hydrogen (secondary N) is 3. The molecule has 1 aromatic heterocycles. The molecule has 0 radical (unpaired) electrons. The van der Waals surface area contributed by atoms with Gasteiger partial charge in [-0.1, -0.05) is 36.0 Å². The topological polar surface area (TPSA) is 116 Å². The molecule has 2 aromatic rings. The Balaban J connectivity index is 1.64. The van der Waals surface area contributed by atoms with Gasteiger partial charge in [-0.25, -0.2) is 5.43 Å². The van der Waals surface area contributed by atoms with Crippen LogP contribution in [0.4, 0.5) is 5.69 Å². The second kappa shape index (κ2) is 8.66. The van der Waals surface area contributed by atoms with Gasteiger partial charge in [0.25, 0.3) is 0 Å². The molecule has 154 valence electrons. The molecule has 0 saturated heterocycles. The number of rotatable bonds is 7. The lowest BCUT2D eigenvalue weighted by atomic mass is 10.1. The number of thioether (sulfide) groups is 1. The Morgan fingerprint density at radius 1 is 1.34 bits per heavy atom. The van der Waals surface area contributed by atoms with Crippen LogP contribution in [0.15, 0.2) is 40.7 Å². The Bertz CT molecular complexity index is 971. The van der Waals surface area contributed by atoms with E-state index in [0.717, 1.165) is 23.2 Å². The standard InChI is InChI=1S/C19H24N6O3S/c1-11-7-5-6-8-15(11)9-24-14(4)17(12(2)23-24)20-16(26)10-29-19-18(25(27)28)13(3)21-22-19/h5-8,12,23H,9-10H2,1-4H3,(H,20,26)(H,21,22)/t12-/m0/s1. The van der Waals surface area contributed by atoms with E-state index in [-0.39, 0.29) is 28.4 Å². The maximum atomic E-state index is 12.5. The number of amides is 1. The van der Waals surface area contributed by atoms with Crippen molar-refractivity contribution in [1.82, 2.24) is 25.9 Å². The van der Waals surface area contributed by atoms with Gasteiger partial charge in [0, 0.05) is 5.70 Å². The van der Waals surface area contributed by atoms with Crippen molar-refractivity contribution in [2.45, 2.75) is 45.3 Å². The van der Waals surface area contributed by atoms with Crippen molar-refractivity contribution in [2.24, 2.45) is 0 Å². The number of aromatic amines is 1. The number of nitro groups is 1. The van der Waals surface area contributed by atoms with Gasteiger partial charge in [0.2, 0.25) is 5.91 Å². The molecular weight excluding hydrogens is 392 g/mol. The van der Waals surface area contributed by atoms with Crippen LogP contribution in [-0.2, 0) is 11.3 Å². The van der Waals surface area contributed by atoms with E-state index in [1.54, 1.807) is 6.92 Å². The third-order valence-corrected chi connectivity index (χ3v) is 5.81. The summed E-state index contributed by atoms with van der Waals surface area (Å²) in [5, 5.41) is 22.8. The first-order valence-electron chi connectivity index (χ1n) is 9.19. The average molecular weight is 417 g/mol. The molecule has 1 aromatic carbocycles. The third-order valence-electron chi connectivity index (χ3n) is 4.85. The second-order valence-electron chi connectivity index (χ2n) is 6.96. The van der Waals surface area contributed by atoms with Gasteiger partial charge in [0.05, 0.1) is 29.0 Å². The molecule has 0 fully saturated rings. The zero-order chi connectivity index (χ0) is 21.1. The minimum Gasteiger partial charge on any atom is -0.326 e. The molecule has 0 saturated carbocycles. The van der Waals surface area contributed by atoms with Gasteiger partial charge in [0.15, 0.2) is 5.03 Å². The molecule has 1 amide bonds. The predicted octanol–water partition coefficient (Wildman–Crippen LogP) is 2.78. The van der Waals surface area contributed by atoms with Gasteiger partial charge in [-0.3, -0.25) is 20.0 Å². The maximum absolute atomic E-state index is 12.5. The number of hydrogen-bond acceptors (Lipinski definition) is 7. The van der Waals surface area contributed by atoms with Crippen LogP contribution >= 0.6 is 11.8 Å². The average Bonchev–Trinajstić information content (AvgIpc) is 3.16. The number of aromatic nitrogens is 2. The van der Waals surface area contributed by atoms with E-state index in [1.165, 1.54) is 11.1 Å². The van der Waals surface area contributed by atoms with Crippen LogP contribution in [0.25, 0.3) is 0 Å². The lowest BCUT2D eigenvalue weighted by Crippen LogP contribution is -2.37. The van der Waals surface area contributed by atoms with Crippen molar-refractivity contribution in [3.63, 3.8) is 0 Å². The molecule has 1 aliphatic rings. The fraction of sp³-hybridized carbons (Fsp3) is 0.368. The number of H-pyrrole nitrogens is 1. The quantitative estimate of drug-likeness (QED) is 0.361. The Labute approximate surface area is 173 Å². The summed E-state index contributed by atoms with van der Waals surface area (Å²) < 4.78 is 0. The lowest BCUT2D eigenvalue weighted by Gasteiger charge is -2.22. The van der Waals surface area contributed by atoms with E-state index in [2.05, 4.69) is 40.0 Å². The van der Waals surface area contributed by atoms with E-state index in [9.17, 15) is 14.9 Å². The molecule has 1 aliphatic heterocycles. The van der Waals surface area contributed by atoms with E-state index < -0.39 is 4.92 Å². The van der Waals surface area contributed by atoms with Crippen molar-refractivity contribution >= 4 is 23.4 Å². The van der Waals surface area contributed by atoms with Gasteiger partial charge in [-0.2, -0.15) is 5.10 Å². The number of hydrazine groups is 1. The highest BCUT2D eigenvalue weighted by Crippen LogP contribution is 2.29. The first kappa shape index (κ1) is 20.9. The highest BCUT2D eigenvalue weighted by atomic mass is 32.2. The zero-order valence-electron chi connectivity index (χ0n) is 16.8. The summed E-state index contributed by atoms with van der Waals surface area (Å²) in [6, 6.07) is 8.13. The Kier molecular flexibility index (Phi) is 6.23. The normalized spacial score (nSPS) is 16.4. The van der Waals surface area contributed by atoms with Crippen molar-refractivity contribution in [3.05, 3.63) is 62.6 Å². The molecule has 0 spiro atoms. The van der Waals surface area contributed by atoms with Crippen LogP contribution in [0, 0.1) is 24.0 Å². The number of carbonyl (C=O) groups excluding carboxylic acids is 1. The lowest BCUT2D eigenvalue weighted by molar-refractivity contribution is -0.388. The molecule has 29 heavy (non-hydrogen) atoms. The molecule has 3 rings (SSSR count). The summed E-state index contributed by atoms with van der Waals surface area (Å²) in [7, 11) is 0. The third kappa shape index (κ3) is 4.60. The highest BCUT2D eigenvalue weighted by molar-refractivity contribution is 8.00. The first-order valence-corrected chi connectivity index (χ1v) is 10.2. The minimum absolute atomic E-state index is 0.0342. The predicted molar refractivity (Wildman–Crippen MR) is 111 cm³/mol. The van der Waals surface area contributed by atoms with Crippen LogP contribution in [0.1, 0.15) is 30.7 Å². The number of nitrogens with zero attached hydrogens (tertiary/aromatic N) is 3. The summed E-state index contributed by atoms with van der Waals surface area (Å²) in [6.45, 7) is 8.28. The number of allylic oxidation sites excluding steroid dienone is 1. The molecule has 1 atom stereocenters. The van der Waals surface area contributed by atoms with E-state index >= 15 is 0 Å². The molecule has 0 aliphatic carbocycles. The van der Waals surface area contributed by atoms with Crippen molar-refractivity contribution < 1.29 is 9.72 Å². The Hall–Kier alpha value is -2.85. The first-order chi connectivity index (χ1) is 13.8. The van der Waals surface area contributed by atoms with Crippen LogP contribution in [0.2, 0.25) is 0 Å². The van der Waals surface area contributed by atoms with Crippen LogP contribution in [-0.4, -0.2) is 37.8 Å². The SMILES string of the molecule is CC1=C(NC(=O)CSc2n[nH]c(C)c2[N+](=O)[O-])[C@H](C)NN1Cc1ccccc1C. The molecule has 9 nitrogen and oxygen atoms in total. The molecule has 0 unspecified atom stereocenters. The molecule has 3 N–H and O–H groups in total.